The fourth-order valence-electron chi connectivity index (χ4n) is 2.93. The molecule has 0 amide bonds. The van der Waals surface area contributed by atoms with Crippen molar-refractivity contribution < 1.29 is 20.1 Å². The summed E-state index contributed by atoms with van der Waals surface area (Å²) in [5.41, 5.74) is 2.05. The average Bonchev–Trinajstić information content (AvgIpc) is 3.34. The van der Waals surface area contributed by atoms with E-state index in [2.05, 4.69) is 25.3 Å². The summed E-state index contributed by atoms with van der Waals surface area (Å²) in [5, 5.41) is 32.5. The molecule has 5 N–H and O–H groups in total. The van der Waals surface area contributed by atoms with Crippen LogP contribution in [0.25, 0.3) is 11.2 Å². The van der Waals surface area contributed by atoms with E-state index in [4.69, 9.17) is 4.74 Å². The normalized spacial score (nSPS) is 26.4. The predicted octanol–water partition coefficient (Wildman–Crippen LogP) is -0.622. The Kier molecular flexibility index (Phi) is 4.09. The number of fused-ring (bicyclic) bond motifs is 1. The lowest BCUT2D eigenvalue weighted by Crippen LogP contribution is -2.33. The lowest BCUT2D eigenvalue weighted by atomic mass is 10.1. The molecule has 1 aliphatic heterocycles. The number of anilines is 1. The molecule has 1 fully saturated rings. The van der Waals surface area contributed by atoms with Crippen molar-refractivity contribution in [2.24, 2.45) is 0 Å². The molecule has 3 aromatic rings. The van der Waals surface area contributed by atoms with E-state index in [1.165, 1.54) is 17.2 Å². The van der Waals surface area contributed by atoms with Crippen LogP contribution >= 0.6 is 0 Å². The molecule has 10 heteroatoms. The first-order valence-corrected chi connectivity index (χ1v) is 7.84. The van der Waals surface area contributed by atoms with Gasteiger partial charge in [0.15, 0.2) is 23.2 Å². The summed E-state index contributed by atoms with van der Waals surface area (Å²) in [4.78, 5) is 15.7. The molecule has 1 aliphatic rings. The number of H-pyrrole nitrogens is 1. The van der Waals surface area contributed by atoms with E-state index in [0.29, 0.717) is 23.5 Å². The van der Waals surface area contributed by atoms with Gasteiger partial charge in [0.05, 0.1) is 12.9 Å². The zero-order valence-electron chi connectivity index (χ0n) is 13.1. The Hall–Kier alpha value is -2.53. The van der Waals surface area contributed by atoms with E-state index in [1.54, 1.807) is 0 Å². The molecule has 3 aromatic heterocycles. The zero-order valence-corrected chi connectivity index (χ0v) is 13.1. The Labute approximate surface area is 142 Å². The van der Waals surface area contributed by atoms with E-state index in [1.807, 2.05) is 18.5 Å². The first-order valence-electron chi connectivity index (χ1n) is 7.84. The van der Waals surface area contributed by atoms with Crippen molar-refractivity contribution in [2.45, 2.75) is 31.1 Å². The Morgan fingerprint density at radius 2 is 2.12 bits per heavy atom. The van der Waals surface area contributed by atoms with Gasteiger partial charge in [0, 0.05) is 18.9 Å². The highest BCUT2D eigenvalue weighted by Gasteiger charge is 2.44. The summed E-state index contributed by atoms with van der Waals surface area (Å²) in [6.07, 6.45) is 2.46. The summed E-state index contributed by atoms with van der Waals surface area (Å²) in [6.45, 7) is 0.177. The van der Waals surface area contributed by atoms with Gasteiger partial charge in [-0.05, 0) is 11.6 Å². The van der Waals surface area contributed by atoms with Crippen LogP contribution in [0.5, 0.6) is 0 Å². The third-order valence-electron chi connectivity index (χ3n) is 4.27. The predicted molar refractivity (Wildman–Crippen MR) is 86.5 cm³/mol. The van der Waals surface area contributed by atoms with Gasteiger partial charge < -0.3 is 30.4 Å². The largest absolute Gasteiger partial charge is 0.394 e. The highest BCUT2D eigenvalue weighted by atomic mass is 16.6. The highest BCUT2D eigenvalue weighted by Crippen LogP contribution is 2.32. The average molecular weight is 346 g/mol. The fourth-order valence-corrected chi connectivity index (χ4v) is 2.93. The van der Waals surface area contributed by atoms with Crippen molar-refractivity contribution in [3.8, 4) is 0 Å². The number of ether oxygens (including phenoxy) is 1. The number of imidazole rings is 1. The molecule has 25 heavy (non-hydrogen) atoms. The second-order valence-electron chi connectivity index (χ2n) is 5.85. The van der Waals surface area contributed by atoms with Gasteiger partial charge in [0.1, 0.15) is 24.6 Å². The van der Waals surface area contributed by atoms with Gasteiger partial charge in [-0.1, -0.05) is 0 Å². The quantitative estimate of drug-likeness (QED) is 0.411. The molecule has 10 nitrogen and oxygen atoms in total. The third-order valence-corrected chi connectivity index (χ3v) is 4.27. The number of aromatic nitrogens is 5. The Balaban J connectivity index is 1.63. The van der Waals surface area contributed by atoms with Crippen molar-refractivity contribution in [1.29, 1.82) is 0 Å². The summed E-state index contributed by atoms with van der Waals surface area (Å²) in [5.74, 6) is 0.552. The Bertz CT molecular complexity index is 851. The molecule has 0 aliphatic carbocycles. The van der Waals surface area contributed by atoms with Crippen molar-refractivity contribution in [2.75, 3.05) is 11.9 Å². The molecule has 0 spiro atoms. The number of nitrogens with zero attached hydrogens (tertiary/aromatic N) is 4. The topological polar surface area (TPSA) is 141 Å². The van der Waals surface area contributed by atoms with Gasteiger partial charge in [0.2, 0.25) is 0 Å². The number of aromatic amines is 1. The standard InChI is InChI=1S/C15H18N6O4/c22-5-9-11(23)12(24)15(25-9)21-7-20-10-13(18-6-19-14(10)21)17-4-8-1-2-16-3-8/h1-3,6-7,9,11-12,15-16,22-24H,4-5H2,(H,17,18,19)/t9-,11?,12?,15-/m1/s1. The van der Waals surface area contributed by atoms with E-state index in [-0.39, 0.29) is 6.61 Å². The lowest BCUT2D eigenvalue weighted by molar-refractivity contribution is -0.0511. The number of aliphatic hydroxyl groups is 3. The molecule has 0 bridgehead atoms. The minimum absolute atomic E-state index is 0.389. The Morgan fingerprint density at radius 1 is 1.24 bits per heavy atom. The Morgan fingerprint density at radius 3 is 2.84 bits per heavy atom. The molecule has 132 valence electrons. The first-order chi connectivity index (χ1) is 12.2. The maximum Gasteiger partial charge on any atom is 0.167 e. The zero-order chi connectivity index (χ0) is 17.4. The van der Waals surface area contributed by atoms with Crippen molar-refractivity contribution in [1.82, 2.24) is 24.5 Å². The fraction of sp³-hybridized carbons (Fsp3) is 0.400. The van der Waals surface area contributed by atoms with E-state index < -0.39 is 24.5 Å². The molecule has 0 radical (unpaired) electrons. The molecular formula is C15H18N6O4. The van der Waals surface area contributed by atoms with Crippen LogP contribution in [0.15, 0.2) is 31.1 Å². The number of hydrogen-bond donors (Lipinski definition) is 5. The number of nitrogens with one attached hydrogen (secondary N) is 2. The highest BCUT2D eigenvalue weighted by molar-refractivity contribution is 5.82. The molecule has 4 atom stereocenters. The number of rotatable bonds is 5. The maximum absolute atomic E-state index is 10.2. The van der Waals surface area contributed by atoms with Gasteiger partial charge >= 0.3 is 0 Å². The minimum atomic E-state index is -1.19. The van der Waals surface area contributed by atoms with Gasteiger partial charge in [0.25, 0.3) is 0 Å². The van der Waals surface area contributed by atoms with Gasteiger partial charge in [-0.25, -0.2) is 15.0 Å². The molecule has 2 unspecified atom stereocenters. The van der Waals surface area contributed by atoms with E-state index >= 15 is 0 Å². The van der Waals surface area contributed by atoms with Crippen LogP contribution in [0.3, 0.4) is 0 Å². The van der Waals surface area contributed by atoms with Crippen LogP contribution in [0.4, 0.5) is 5.82 Å². The summed E-state index contributed by atoms with van der Waals surface area (Å²) in [7, 11) is 0. The molecule has 1 saturated heterocycles. The number of aliphatic hydroxyl groups excluding tert-OH is 3. The van der Waals surface area contributed by atoms with Crippen LogP contribution < -0.4 is 5.32 Å². The smallest absolute Gasteiger partial charge is 0.167 e. The summed E-state index contributed by atoms with van der Waals surface area (Å²) >= 11 is 0. The third kappa shape index (κ3) is 2.74. The van der Waals surface area contributed by atoms with Crippen LogP contribution in [0.2, 0.25) is 0 Å². The first kappa shape index (κ1) is 16.0. The lowest BCUT2D eigenvalue weighted by Gasteiger charge is -2.16. The molecule has 4 rings (SSSR count). The second-order valence-corrected chi connectivity index (χ2v) is 5.85. The summed E-state index contributed by atoms with van der Waals surface area (Å²) < 4.78 is 7.06. The number of hydrogen-bond acceptors (Lipinski definition) is 8. The molecule has 4 heterocycles. The monoisotopic (exact) mass is 346 g/mol. The van der Waals surface area contributed by atoms with E-state index in [9.17, 15) is 15.3 Å². The molecular weight excluding hydrogens is 328 g/mol. The summed E-state index contributed by atoms with van der Waals surface area (Å²) in [6, 6.07) is 1.95. The van der Waals surface area contributed by atoms with Crippen LogP contribution in [-0.4, -0.2) is 64.7 Å². The van der Waals surface area contributed by atoms with Crippen LogP contribution in [-0.2, 0) is 11.3 Å². The van der Waals surface area contributed by atoms with Crippen molar-refractivity contribution in [3.63, 3.8) is 0 Å². The van der Waals surface area contributed by atoms with Gasteiger partial charge in [-0.3, -0.25) is 4.57 Å². The van der Waals surface area contributed by atoms with Crippen LogP contribution in [0, 0.1) is 0 Å². The molecule has 0 aromatic carbocycles. The van der Waals surface area contributed by atoms with Crippen LogP contribution in [0.1, 0.15) is 11.8 Å². The SMILES string of the molecule is OC[C@H]1O[C@@H](n2cnc3c(NCc4cc[nH]c4)ncnc32)C(O)C1O. The maximum atomic E-state index is 10.2. The van der Waals surface area contributed by atoms with Gasteiger partial charge in [-0.15, -0.1) is 0 Å². The van der Waals surface area contributed by atoms with Gasteiger partial charge in [-0.2, -0.15) is 0 Å². The van der Waals surface area contributed by atoms with E-state index in [0.717, 1.165) is 5.56 Å². The van der Waals surface area contributed by atoms with Crippen molar-refractivity contribution >= 4 is 17.0 Å². The second kappa shape index (κ2) is 6.41. The van der Waals surface area contributed by atoms with Crippen molar-refractivity contribution in [3.05, 3.63) is 36.7 Å². The molecule has 0 saturated carbocycles. The minimum Gasteiger partial charge on any atom is -0.394 e.